The molecule has 1 aliphatic heterocycles. The predicted octanol–water partition coefficient (Wildman–Crippen LogP) is 1.10. The SMILES string of the molecule is OC1=C(Br)O1. The van der Waals surface area contributed by atoms with Crippen LogP contribution in [0.4, 0.5) is 0 Å². The Bertz CT molecular complexity index is 75.6. The van der Waals surface area contributed by atoms with Crippen LogP contribution in [0.15, 0.2) is 10.6 Å². The Hall–Kier alpha value is -0.180. The van der Waals surface area contributed by atoms with Crippen LogP contribution in [-0.2, 0) is 4.74 Å². The summed E-state index contributed by atoms with van der Waals surface area (Å²) in [6.45, 7) is 0. The van der Waals surface area contributed by atoms with E-state index in [4.69, 9.17) is 5.11 Å². The molecule has 1 heterocycles. The second-order valence-corrected chi connectivity index (χ2v) is 1.40. The van der Waals surface area contributed by atoms with E-state index in [1.54, 1.807) is 0 Å². The van der Waals surface area contributed by atoms with Crippen molar-refractivity contribution in [1.82, 2.24) is 0 Å². The van der Waals surface area contributed by atoms with E-state index >= 15 is 0 Å². The average Bonchev–Trinajstić information content (AvgIpc) is 1.79. The minimum Gasteiger partial charge on any atom is -0.478 e. The van der Waals surface area contributed by atoms with Crippen LogP contribution in [0, 0.1) is 0 Å². The van der Waals surface area contributed by atoms with Gasteiger partial charge in [0, 0.05) is 15.9 Å². The normalized spacial score (nSPS) is 18.6. The van der Waals surface area contributed by atoms with Gasteiger partial charge in [0.2, 0.25) is 0 Å². The largest absolute Gasteiger partial charge is 0.478 e. The minimum atomic E-state index is 0.00463. The molecule has 2 nitrogen and oxygen atoms in total. The van der Waals surface area contributed by atoms with E-state index in [-0.39, 0.29) is 5.95 Å². The van der Waals surface area contributed by atoms with Crippen molar-refractivity contribution in [3.05, 3.63) is 10.6 Å². The fourth-order valence-corrected chi connectivity index (χ4v) is 0.213. The maximum absolute atomic E-state index is 8.05. The topological polar surface area (TPSA) is 32.8 Å². The number of aliphatic hydroxyl groups excluding tert-OH is 1. The maximum atomic E-state index is 8.05. The number of aliphatic hydroxyl groups is 1. The van der Waals surface area contributed by atoms with Gasteiger partial charge in [-0.25, -0.2) is 0 Å². The first kappa shape index (κ1) is 3.03. The van der Waals surface area contributed by atoms with Crippen LogP contribution < -0.4 is 0 Å². The standard InChI is InChI=1S/C2HBrO2/c3-1-2(4)5-1/h4H. The Balaban J connectivity index is 2.59. The first-order chi connectivity index (χ1) is 2.30. The van der Waals surface area contributed by atoms with Crippen LogP contribution in [0.1, 0.15) is 0 Å². The van der Waals surface area contributed by atoms with Crippen LogP contribution in [0.25, 0.3) is 0 Å². The van der Waals surface area contributed by atoms with E-state index in [1.807, 2.05) is 0 Å². The molecule has 0 spiro atoms. The Labute approximate surface area is 37.2 Å². The summed E-state index contributed by atoms with van der Waals surface area (Å²) in [5, 5.41) is 8.05. The molecule has 0 aromatic rings. The number of hydrogen-bond donors (Lipinski definition) is 1. The highest BCUT2D eigenvalue weighted by Gasteiger charge is 2.19. The molecule has 1 N–H and O–H groups in total. The van der Waals surface area contributed by atoms with Crippen molar-refractivity contribution in [1.29, 1.82) is 0 Å². The van der Waals surface area contributed by atoms with E-state index < -0.39 is 0 Å². The van der Waals surface area contributed by atoms with Gasteiger partial charge < -0.3 is 9.84 Å². The van der Waals surface area contributed by atoms with Crippen LogP contribution >= 0.6 is 15.9 Å². The van der Waals surface area contributed by atoms with Crippen LogP contribution in [0.5, 0.6) is 0 Å². The molecule has 0 aliphatic carbocycles. The molecule has 0 aromatic heterocycles. The zero-order valence-corrected chi connectivity index (χ0v) is 3.82. The van der Waals surface area contributed by atoms with Crippen LogP contribution in [0.2, 0.25) is 0 Å². The van der Waals surface area contributed by atoms with Crippen LogP contribution in [0.3, 0.4) is 0 Å². The van der Waals surface area contributed by atoms with Gasteiger partial charge in [0.1, 0.15) is 0 Å². The highest BCUT2D eigenvalue weighted by molar-refractivity contribution is 9.11. The number of halogens is 1. The average molecular weight is 137 g/mol. The summed E-state index contributed by atoms with van der Waals surface area (Å²) in [4.78, 5) is 0. The van der Waals surface area contributed by atoms with Crippen molar-refractivity contribution in [2.75, 3.05) is 0 Å². The van der Waals surface area contributed by atoms with Crippen molar-refractivity contribution in [2.24, 2.45) is 0 Å². The second-order valence-electron chi connectivity index (χ2n) is 0.681. The molecular weight excluding hydrogens is 136 g/mol. The summed E-state index contributed by atoms with van der Waals surface area (Å²) in [6.07, 6.45) is 0. The van der Waals surface area contributed by atoms with Crippen molar-refractivity contribution in [2.45, 2.75) is 0 Å². The Morgan fingerprint density at radius 2 is 2.00 bits per heavy atom. The summed E-state index contributed by atoms with van der Waals surface area (Å²) in [5.74, 6) is 0.00463. The van der Waals surface area contributed by atoms with Gasteiger partial charge >= 0.3 is 5.95 Å². The molecule has 3 heteroatoms. The molecule has 0 amide bonds. The molecule has 28 valence electrons. The third-order valence-corrected chi connectivity index (χ3v) is 0.814. The van der Waals surface area contributed by atoms with E-state index in [9.17, 15) is 0 Å². The molecule has 5 heavy (non-hydrogen) atoms. The fourth-order valence-electron chi connectivity index (χ4n) is 0.0594. The predicted molar refractivity (Wildman–Crippen MR) is 19.7 cm³/mol. The van der Waals surface area contributed by atoms with E-state index in [2.05, 4.69) is 20.7 Å². The summed E-state index contributed by atoms with van der Waals surface area (Å²) < 4.78 is 4.68. The van der Waals surface area contributed by atoms with Crippen molar-refractivity contribution >= 4 is 15.9 Å². The minimum absolute atomic E-state index is 0.00463. The van der Waals surface area contributed by atoms with Gasteiger partial charge in [0.05, 0.1) is 0 Å². The third-order valence-electron chi connectivity index (χ3n) is 0.313. The first-order valence-electron chi connectivity index (χ1n) is 1.07. The van der Waals surface area contributed by atoms with Crippen LogP contribution in [-0.4, -0.2) is 5.11 Å². The lowest BCUT2D eigenvalue weighted by molar-refractivity contribution is 0.281. The summed E-state index contributed by atoms with van der Waals surface area (Å²) in [5.41, 5.74) is 0. The molecule has 0 bridgehead atoms. The summed E-state index contributed by atoms with van der Waals surface area (Å²) in [6, 6.07) is 0. The molecule has 0 saturated carbocycles. The Kier molecular flexibility index (Phi) is 0.395. The van der Waals surface area contributed by atoms with E-state index in [0.717, 1.165) is 0 Å². The highest BCUT2D eigenvalue weighted by atomic mass is 79.9. The van der Waals surface area contributed by atoms with Crippen molar-refractivity contribution < 1.29 is 9.84 Å². The monoisotopic (exact) mass is 136 g/mol. The lowest BCUT2D eigenvalue weighted by Gasteiger charge is -1.55. The molecule has 1 rings (SSSR count). The van der Waals surface area contributed by atoms with E-state index in [1.165, 1.54) is 0 Å². The van der Waals surface area contributed by atoms with Gasteiger partial charge in [-0.2, -0.15) is 0 Å². The van der Waals surface area contributed by atoms with Gasteiger partial charge in [-0.1, -0.05) is 0 Å². The highest BCUT2D eigenvalue weighted by Crippen LogP contribution is 2.27. The quantitative estimate of drug-likeness (QED) is 0.542. The lowest BCUT2D eigenvalue weighted by atomic mass is 11.2. The number of ether oxygens (including phenoxy) is 1. The van der Waals surface area contributed by atoms with Crippen molar-refractivity contribution in [3.63, 3.8) is 0 Å². The molecular formula is C2HBrO2. The molecule has 0 atom stereocenters. The molecule has 0 fully saturated rings. The number of rotatable bonds is 0. The molecule has 1 aliphatic rings. The second kappa shape index (κ2) is 0.653. The zero-order valence-electron chi connectivity index (χ0n) is 2.23. The van der Waals surface area contributed by atoms with Gasteiger partial charge in [0.25, 0.3) is 4.67 Å². The van der Waals surface area contributed by atoms with Crippen molar-refractivity contribution in [3.8, 4) is 0 Å². The lowest BCUT2D eigenvalue weighted by Crippen LogP contribution is -1.44. The Morgan fingerprint density at radius 3 is 2.00 bits per heavy atom. The molecule has 0 unspecified atom stereocenters. The Morgan fingerprint density at radius 1 is 1.80 bits per heavy atom. The number of hydrogen-bond acceptors (Lipinski definition) is 2. The molecule has 0 radical (unpaired) electrons. The first-order valence-corrected chi connectivity index (χ1v) is 1.86. The zero-order chi connectivity index (χ0) is 3.86. The summed E-state index contributed by atoms with van der Waals surface area (Å²) >= 11 is 2.85. The maximum Gasteiger partial charge on any atom is 0.335 e. The van der Waals surface area contributed by atoms with Gasteiger partial charge in [-0.3, -0.25) is 0 Å². The molecule has 0 saturated heterocycles. The van der Waals surface area contributed by atoms with E-state index in [0.29, 0.717) is 4.67 Å². The van der Waals surface area contributed by atoms with Gasteiger partial charge in [-0.15, -0.1) is 0 Å². The fraction of sp³-hybridized carbons (Fsp3) is 0. The van der Waals surface area contributed by atoms with Gasteiger partial charge in [0.15, 0.2) is 0 Å². The molecule has 0 aromatic carbocycles. The van der Waals surface area contributed by atoms with Gasteiger partial charge in [-0.05, 0) is 0 Å². The summed E-state index contributed by atoms with van der Waals surface area (Å²) in [7, 11) is 0. The third kappa shape index (κ3) is 0.374. The smallest absolute Gasteiger partial charge is 0.335 e.